The average Bonchev–Trinajstić information content (AvgIpc) is 3.18. The Bertz CT molecular complexity index is 961. The van der Waals surface area contributed by atoms with E-state index in [4.69, 9.17) is 4.74 Å². The van der Waals surface area contributed by atoms with E-state index in [1.165, 1.54) is 23.1 Å². The zero-order valence-electron chi connectivity index (χ0n) is 15.2. The summed E-state index contributed by atoms with van der Waals surface area (Å²) < 4.78 is 32.0. The van der Waals surface area contributed by atoms with Gasteiger partial charge in [-0.15, -0.1) is 23.1 Å². The van der Waals surface area contributed by atoms with E-state index >= 15 is 0 Å². The molecule has 3 aromatic rings. The van der Waals surface area contributed by atoms with Crippen LogP contribution in [0.15, 0.2) is 47.8 Å². The smallest absolute Gasteiger partial charge is 0.237 e. The molecule has 146 valence electrons. The molecule has 3 rings (SSSR count). The van der Waals surface area contributed by atoms with Crippen LogP contribution in [-0.2, 0) is 10.5 Å². The second-order valence-corrected chi connectivity index (χ2v) is 8.13. The molecule has 1 N–H and O–H groups in total. The number of carbonyl (C=O) groups excluding carboxylic acids is 1. The van der Waals surface area contributed by atoms with Gasteiger partial charge in [0.2, 0.25) is 5.91 Å². The van der Waals surface area contributed by atoms with Crippen LogP contribution in [0.25, 0.3) is 10.6 Å². The SMILES string of the molecule is COc1ccc(-c2nc(CSC(C)C(=O)Nc3cc(F)ccc3F)cs2)cc1. The second kappa shape index (κ2) is 9.16. The number of ether oxygens (including phenoxy) is 1. The molecule has 8 heteroatoms. The highest BCUT2D eigenvalue weighted by molar-refractivity contribution is 7.99. The number of aromatic nitrogens is 1. The lowest BCUT2D eigenvalue weighted by Crippen LogP contribution is -2.23. The van der Waals surface area contributed by atoms with E-state index in [0.717, 1.165) is 40.2 Å². The number of hydrogen-bond donors (Lipinski definition) is 1. The fourth-order valence-electron chi connectivity index (χ4n) is 2.35. The van der Waals surface area contributed by atoms with Crippen molar-refractivity contribution in [2.24, 2.45) is 0 Å². The topological polar surface area (TPSA) is 51.2 Å². The number of anilines is 1. The number of thiazole rings is 1. The van der Waals surface area contributed by atoms with Crippen molar-refractivity contribution in [1.82, 2.24) is 4.98 Å². The summed E-state index contributed by atoms with van der Waals surface area (Å²) in [5.41, 5.74) is 1.69. The number of hydrogen-bond acceptors (Lipinski definition) is 5. The quantitative estimate of drug-likeness (QED) is 0.559. The summed E-state index contributed by atoms with van der Waals surface area (Å²) in [6.07, 6.45) is 0. The van der Waals surface area contributed by atoms with E-state index < -0.39 is 16.9 Å². The molecule has 0 radical (unpaired) electrons. The fourth-order valence-corrected chi connectivity index (χ4v) is 4.06. The van der Waals surface area contributed by atoms with Crippen LogP contribution in [0.5, 0.6) is 5.75 Å². The van der Waals surface area contributed by atoms with Crippen LogP contribution in [0.3, 0.4) is 0 Å². The molecule has 4 nitrogen and oxygen atoms in total. The van der Waals surface area contributed by atoms with Gasteiger partial charge in [0.15, 0.2) is 0 Å². The minimum atomic E-state index is -0.671. The largest absolute Gasteiger partial charge is 0.497 e. The summed E-state index contributed by atoms with van der Waals surface area (Å²) in [5.74, 6) is -0.348. The highest BCUT2D eigenvalue weighted by Gasteiger charge is 2.17. The highest BCUT2D eigenvalue weighted by atomic mass is 32.2. The van der Waals surface area contributed by atoms with Crippen molar-refractivity contribution in [1.29, 1.82) is 0 Å². The first-order chi connectivity index (χ1) is 13.5. The van der Waals surface area contributed by atoms with Gasteiger partial charge in [0.05, 0.1) is 23.7 Å². The van der Waals surface area contributed by atoms with Crippen LogP contribution in [0, 0.1) is 11.6 Å². The zero-order chi connectivity index (χ0) is 20.1. The molecule has 1 heterocycles. The van der Waals surface area contributed by atoms with Gasteiger partial charge in [0.25, 0.3) is 0 Å². The van der Waals surface area contributed by atoms with Gasteiger partial charge >= 0.3 is 0 Å². The third-order valence-corrected chi connectivity index (χ3v) is 6.04. The van der Waals surface area contributed by atoms with Gasteiger partial charge in [-0.1, -0.05) is 0 Å². The van der Waals surface area contributed by atoms with E-state index in [-0.39, 0.29) is 11.6 Å². The minimum Gasteiger partial charge on any atom is -0.497 e. The molecule has 2 aromatic carbocycles. The van der Waals surface area contributed by atoms with Gasteiger partial charge in [-0.25, -0.2) is 13.8 Å². The highest BCUT2D eigenvalue weighted by Crippen LogP contribution is 2.28. The van der Waals surface area contributed by atoms with E-state index in [9.17, 15) is 13.6 Å². The Morgan fingerprint density at radius 2 is 2.00 bits per heavy atom. The maximum absolute atomic E-state index is 13.7. The molecule has 28 heavy (non-hydrogen) atoms. The maximum Gasteiger partial charge on any atom is 0.237 e. The first-order valence-electron chi connectivity index (χ1n) is 8.42. The molecule has 0 bridgehead atoms. The third-order valence-electron chi connectivity index (χ3n) is 3.93. The molecule has 0 aliphatic carbocycles. The Kier molecular flexibility index (Phi) is 6.64. The maximum atomic E-state index is 13.7. The van der Waals surface area contributed by atoms with Crippen LogP contribution >= 0.6 is 23.1 Å². The van der Waals surface area contributed by atoms with Crippen LogP contribution in [0.2, 0.25) is 0 Å². The molecule has 1 amide bonds. The van der Waals surface area contributed by atoms with E-state index in [2.05, 4.69) is 10.3 Å². The number of nitrogens with zero attached hydrogens (tertiary/aromatic N) is 1. The third kappa shape index (κ3) is 5.08. The Hall–Kier alpha value is -2.45. The minimum absolute atomic E-state index is 0.159. The molecule has 0 saturated heterocycles. The van der Waals surface area contributed by atoms with Gasteiger partial charge in [0, 0.05) is 22.8 Å². The van der Waals surface area contributed by atoms with Crippen LogP contribution < -0.4 is 10.1 Å². The molecule has 1 unspecified atom stereocenters. The van der Waals surface area contributed by atoms with Gasteiger partial charge in [-0.2, -0.15) is 0 Å². The Balaban J connectivity index is 1.57. The van der Waals surface area contributed by atoms with E-state index in [1.807, 2.05) is 29.6 Å². The second-order valence-electron chi connectivity index (χ2n) is 5.94. The molecule has 0 saturated carbocycles. The van der Waals surface area contributed by atoms with Crippen molar-refractivity contribution in [3.05, 3.63) is 65.2 Å². The number of benzene rings is 2. The Labute approximate surface area is 170 Å². The Morgan fingerprint density at radius 3 is 2.71 bits per heavy atom. The van der Waals surface area contributed by atoms with Gasteiger partial charge in [-0.05, 0) is 43.3 Å². The molecule has 1 atom stereocenters. The molecule has 0 aliphatic heterocycles. The van der Waals surface area contributed by atoms with Crippen LogP contribution in [0.4, 0.5) is 14.5 Å². The van der Waals surface area contributed by atoms with E-state index in [0.29, 0.717) is 5.75 Å². The summed E-state index contributed by atoms with van der Waals surface area (Å²) in [7, 11) is 1.62. The first kappa shape index (κ1) is 20.3. The van der Waals surface area contributed by atoms with Crippen molar-refractivity contribution >= 4 is 34.7 Å². The number of thioether (sulfide) groups is 1. The van der Waals surface area contributed by atoms with Crippen molar-refractivity contribution in [3.8, 4) is 16.3 Å². The molecule has 0 spiro atoms. The predicted octanol–water partition coefficient (Wildman–Crippen LogP) is 5.36. The van der Waals surface area contributed by atoms with Gasteiger partial charge in [-0.3, -0.25) is 4.79 Å². The first-order valence-corrected chi connectivity index (χ1v) is 10.4. The van der Waals surface area contributed by atoms with Crippen molar-refractivity contribution in [2.75, 3.05) is 12.4 Å². The summed E-state index contributed by atoms with van der Waals surface area (Å²) in [4.78, 5) is 16.8. The predicted molar refractivity (Wildman–Crippen MR) is 110 cm³/mol. The standard InChI is InChI=1S/C20H18F2N2O2S2/c1-12(19(25)24-18-9-14(21)5-8-17(18)22)27-10-15-11-28-20(23-15)13-3-6-16(26-2)7-4-13/h3-9,11-12H,10H2,1-2H3,(H,24,25). The van der Waals surface area contributed by atoms with Crippen LogP contribution in [-0.4, -0.2) is 23.3 Å². The number of nitrogens with one attached hydrogen (secondary N) is 1. The number of methoxy groups -OCH3 is 1. The number of rotatable bonds is 7. The normalized spacial score (nSPS) is 11.9. The van der Waals surface area contributed by atoms with E-state index in [1.54, 1.807) is 14.0 Å². The summed E-state index contributed by atoms with van der Waals surface area (Å²) in [6.45, 7) is 1.72. The van der Waals surface area contributed by atoms with Crippen molar-refractivity contribution in [3.63, 3.8) is 0 Å². The molecule has 0 aliphatic rings. The molecular formula is C20H18F2N2O2S2. The van der Waals surface area contributed by atoms with Gasteiger partial charge in [0.1, 0.15) is 22.4 Å². The molecular weight excluding hydrogens is 402 g/mol. The lowest BCUT2D eigenvalue weighted by molar-refractivity contribution is -0.115. The molecule has 0 fully saturated rings. The lowest BCUT2D eigenvalue weighted by Gasteiger charge is -2.12. The van der Waals surface area contributed by atoms with Crippen molar-refractivity contribution < 1.29 is 18.3 Å². The summed E-state index contributed by atoms with van der Waals surface area (Å²) in [5, 5.41) is 4.81. The van der Waals surface area contributed by atoms with Gasteiger partial charge < -0.3 is 10.1 Å². The lowest BCUT2D eigenvalue weighted by atomic mass is 10.2. The summed E-state index contributed by atoms with van der Waals surface area (Å²) in [6, 6.07) is 10.6. The average molecular weight is 421 g/mol. The number of carbonyl (C=O) groups is 1. The zero-order valence-corrected chi connectivity index (χ0v) is 16.9. The monoisotopic (exact) mass is 420 g/mol. The van der Waals surface area contributed by atoms with Crippen molar-refractivity contribution in [2.45, 2.75) is 17.9 Å². The number of halogens is 2. The fraction of sp³-hybridized carbons (Fsp3) is 0.200. The van der Waals surface area contributed by atoms with Crippen LogP contribution in [0.1, 0.15) is 12.6 Å². The number of amides is 1. The Morgan fingerprint density at radius 1 is 1.25 bits per heavy atom. The summed E-state index contributed by atoms with van der Waals surface area (Å²) >= 11 is 2.90. The molecule has 1 aromatic heterocycles.